The lowest BCUT2D eigenvalue weighted by molar-refractivity contribution is -0.114. The monoisotopic (exact) mass is 343 g/mol. The summed E-state index contributed by atoms with van der Waals surface area (Å²) in [5, 5.41) is 0. The van der Waals surface area contributed by atoms with Crippen LogP contribution in [0.3, 0.4) is 0 Å². The lowest BCUT2D eigenvalue weighted by Gasteiger charge is -2.29. The summed E-state index contributed by atoms with van der Waals surface area (Å²) in [6, 6.07) is 9.33. The van der Waals surface area contributed by atoms with E-state index in [2.05, 4.69) is 11.0 Å². The van der Waals surface area contributed by atoms with Crippen LogP contribution in [0.4, 0.5) is 5.69 Å². The van der Waals surface area contributed by atoms with Gasteiger partial charge < -0.3 is 9.80 Å². The van der Waals surface area contributed by atoms with Gasteiger partial charge in [-0.15, -0.1) is 11.0 Å². The molecule has 0 atom stereocenters. The van der Waals surface area contributed by atoms with Crippen molar-refractivity contribution >= 4 is 27.5 Å². The second-order valence-corrected chi connectivity index (χ2v) is 7.14. The van der Waals surface area contributed by atoms with Crippen molar-refractivity contribution in [3.63, 3.8) is 0 Å². The van der Waals surface area contributed by atoms with E-state index in [0.717, 1.165) is 5.69 Å². The molecular weight excluding hydrogens is 326 g/mol. The number of hydrogen-bond donors (Lipinski definition) is 0. The van der Waals surface area contributed by atoms with E-state index in [9.17, 15) is 13.2 Å². The van der Waals surface area contributed by atoms with E-state index >= 15 is 0 Å². The Balaban J connectivity index is 1.89. The molecule has 0 saturated heterocycles. The van der Waals surface area contributed by atoms with Crippen molar-refractivity contribution in [2.45, 2.75) is 0 Å². The molecule has 24 heavy (non-hydrogen) atoms. The first-order valence-electron chi connectivity index (χ1n) is 7.47. The van der Waals surface area contributed by atoms with Crippen molar-refractivity contribution in [1.29, 1.82) is 0 Å². The molecule has 1 aromatic rings. The minimum Gasteiger partial charge on any atom is -0.330 e. The molecule has 3 rings (SSSR count). The Morgan fingerprint density at radius 3 is 2.75 bits per heavy atom. The molecule has 0 spiro atoms. The van der Waals surface area contributed by atoms with Gasteiger partial charge in [-0.3, -0.25) is 4.79 Å². The zero-order valence-electron chi connectivity index (χ0n) is 13.0. The number of anilines is 1. The molecule has 0 aromatic heterocycles. The van der Waals surface area contributed by atoms with Crippen LogP contribution in [-0.4, -0.2) is 43.9 Å². The van der Waals surface area contributed by atoms with E-state index in [1.165, 1.54) is 0 Å². The van der Waals surface area contributed by atoms with Crippen LogP contribution in [0.2, 0.25) is 0 Å². The Bertz CT molecular complexity index is 854. The summed E-state index contributed by atoms with van der Waals surface area (Å²) in [6.45, 7) is 4.37. The predicted molar refractivity (Wildman–Crippen MR) is 94.1 cm³/mol. The number of nitrogens with zero attached hydrogens (tertiary/aromatic N) is 3. The molecule has 0 radical (unpaired) electrons. The van der Waals surface area contributed by atoms with E-state index in [1.807, 2.05) is 30.3 Å². The van der Waals surface area contributed by atoms with E-state index in [0.29, 0.717) is 18.0 Å². The molecule has 0 N–H and O–H groups in total. The highest BCUT2D eigenvalue weighted by Crippen LogP contribution is 2.21. The highest BCUT2D eigenvalue weighted by atomic mass is 32.2. The number of hydrogen-bond acceptors (Lipinski definition) is 4. The summed E-state index contributed by atoms with van der Waals surface area (Å²) in [5.74, 6) is 0.106. The van der Waals surface area contributed by atoms with Gasteiger partial charge in [-0.25, -0.2) is 8.42 Å². The standard InChI is InChI=1S/C17H17N3O3S/c1-2-10-20(15-6-4-3-5-7-15)17(21)14-8-9-16-18-24(22,23)12-11-19(16)13-14/h2-9,13H,1,10-12H2. The van der Waals surface area contributed by atoms with Crippen LogP contribution in [0.1, 0.15) is 0 Å². The van der Waals surface area contributed by atoms with Gasteiger partial charge in [0.25, 0.3) is 15.9 Å². The van der Waals surface area contributed by atoms with Crippen molar-refractivity contribution < 1.29 is 13.2 Å². The number of carbonyl (C=O) groups excluding carboxylic acids is 1. The lowest BCUT2D eigenvalue weighted by Crippen LogP contribution is -2.39. The van der Waals surface area contributed by atoms with Gasteiger partial charge in [0.15, 0.2) is 0 Å². The van der Waals surface area contributed by atoms with Gasteiger partial charge in [-0.1, -0.05) is 24.3 Å². The molecule has 0 unspecified atom stereocenters. The van der Waals surface area contributed by atoms with Crippen LogP contribution in [0.25, 0.3) is 0 Å². The number of carbonyl (C=O) groups is 1. The molecular formula is C17H17N3O3S. The number of amidine groups is 1. The number of amides is 1. The third-order valence-electron chi connectivity index (χ3n) is 3.70. The van der Waals surface area contributed by atoms with Crippen LogP contribution in [0.15, 0.2) is 71.3 Å². The summed E-state index contributed by atoms with van der Waals surface area (Å²) in [7, 11) is -3.40. The Hall–Kier alpha value is -2.67. The molecule has 124 valence electrons. The van der Waals surface area contributed by atoms with Gasteiger partial charge in [0.1, 0.15) is 5.84 Å². The normalized spacial score (nSPS) is 18.2. The predicted octanol–water partition coefficient (Wildman–Crippen LogP) is 1.70. The first kappa shape index (κ1) is 16.2. The quantitative estimate of drug-likeness (QED) is 0.780. The van der Waals surface area contributed by atoms with Crippen molar-refractivity contribution in [2.75, 3.05) is 23.7 Å². The third kappa shape index (κ3) is 3.30. The maximum absolute atomic E-state index is 12.9. The Kier molecular flexibility index (Phi) is 4.35. The number of fused-ring (bicyclic) bond motifs is 1. The third-order valence-corrected chi connectivity index (χ3v) is 4.86. The van der Waals surface area contributed by atoms with Crippen molar-refractivity contribution in [2.24, 2.45) is 4.40 Å². The van der Waals surface area contributed by atoms with Gasteiger partial charge in [-0.05, 0) is 24.3 Å². The van der Waals surface area contributed by atoms with Crippen LogP contribution in [0.5, 0.6) is 0 Å². The molecule has 2 aliphatic rings. The zero-order chi connectivity index (χ0) is 17.2. The average molecular weight is 343 g/mol. The highest BCUT2D eigenvalue weighted by molar-refractivity contribution is 7.90. The van der Waals surface area contributed by atoms with Gasteiger partial charge in [0.05, 0.1) is 11.3 Å². The first-order valence-corrected chi connectivity index (χ1v) is 9.08. The summed E-state index contributed by atoms with van der Waals surface area (Å²) in [6.07, 6.45) is 6.46. The van der Waals surface area contributed by atoms with Crippen LogP contribution >= 0.6 is 0 Å². The lowest BCUT2D eigenvalue weighted by atomic mass is 10.1. The van der Waals surface area contributed by atoms with Crippen molar-refractivity contribution in [3.05, 3.63) is 66.9 Å². The fraction of sp³-hybridized carbons (Fsp3) is 0.176. The van der Waals surface area contributed by atoms with Gasteiger partial charge in [-0.2, -0.15) is 0 Å². The second kappa shape index (κ2) is 6.45. The molecule has 2 heterocycles. The van der Waals surface area contributed by atoms with E-state index in [1.54, 1.807) is 34.2 Å². The molecule has 1 amide bonds. The van der Waals surface area contributed by atoms with Crippen LogP contribution < -0.4 is 4.90 Å². The second-order valence-electron chi connectivity index (χ2n) is 5.39. The minimum atomic E-state index is -3.40. The first-order chi connectivity index (χ1) is 11.5. The highest BCUT2D eigenvalue weighted by Gasteiger charge is 2.26. The fourth-order valence-corrected chi connectivity index (χ4v) is 3.50. The molecule has 7 heteroatoms. The molecule has 0 saturated carbocycles. The molecule has 0 fully saturated rings. The van der Waals surface area contributed by atoms with Crippen LogP contribution in [0, 0.1) is 0 Å². The van der Waals surface area contributed by atoms with Crippen LogP contribution in [-0.2, 0) is 14.8 Å². The van der Waals surface area contributed by atoms with Crippen molar-refractivity contribution in [3.8, 4) is 0 Å². The zero-order valence-corrected chi connectivity index (χ0v) is 13.8. The van der Waals surface area contributed by atoms with Gasteiger partial charge >= 0.3 is 0 Å². The Morgan fingerprint density at radius 1 is 1.29 bits per heavy atom. The smallest absolute Gasteiger partial charge is 0.260 e. The van der Waals surface area contributed by atoms with Gasteiger partial charge in [0, 0.05) is 25.0 Å². The summed E-state index contributed by atoms with van der Waals surface area (Å²) < 4.78 is 26.8. The topological polar surface area (TPSA) is 70.1 Å². The number of para-hydroxylation sites is 1. The average Bonchev–Trinajstić information content (AvgIpc) is 2.58. The van der Waals surface area contributed by atoms with E-state index < -0.39 is 10.0 Å². The number of rotatable bonds is 4. The van der Waals surface area contributed by atoms with Gasteiger partial charge in [0.2, 0.25) is 0 Å². The maximum atomic E-state index is 12.9. The molecule has 2 aliphatic heterocycles. The fourth-order valence-electron chi connectivity index (χ4n) is 2.53. The summed E-state index contributed by atoms with van der Waals surface area (Å²) in [5.41, 5.74) is 1.25. The summed E-state index contributed by atoms with van der Waals surface area (Å²) >= 11 is 0. The molecule has 0 aliphatic carbocycles. The minimum absolute atomic E-state index is 0.0582. The van der Waals surface area contributed by atoms with Crippen molar-refractivity contribution in [1.82, 2.24) is 4.90 Å². The van der Waals surface area contributed by atoms with E-state index in [-0.39, 0.29) is 18.2 Å². The molecule has 0 bridgehead atoms. The van der Waals surface area contributed by atoms with E-state index in [4.69, 9.17) is 0 Å². The Labute approximate surface area is 141 Å². The summed E-state index contributed by atoms with van der Waals surface area (Å²) in [4.78, 5) is 16.2. The maximum Gasteiger partial charge on any atom is 0.260 e. The SMILES string of the molecule is C=CCN(C(=O)C1=CN2CCS(=O)(=O)N=C2C=C1)c1ccccc1. The molecule has 1 aromatic carbocycles. The Morgan fingerprint density at radius 2 is 2.04 bits per heavy atom. The largest absolute Gasteiger partial charge is 0.330 e. The number of sulfonamides is 1. The molecule has 6 nitrogen and oxygen atoms in total. The number of benzene rings is 1.